The number of nitrogens with one attached hydrogen (secondary N) is 1. The lowest BCUT2D eigenvalue weighted by Gasteiger charge is -2.27. The summed E-state index contributed by atoms with van der Waals surface area (Å²) in [5, 5.41) is 3.02. The van der Waals surface area contributed by atoms with Crippen molar-refractivity contribution in [2.45, 2.75) is 238 Å². The molecule has 3 atom stereocenters. The maximum Gasteiger partial charge on any atom is 0.472 e. The normalized spacial score (nSPS) is 14.5. The fourth-order valence-corrected chi connectivity index (χ4v) is 8.47. The van der Waals surface area contributed by atoms with Gasteiger partial charge in [0, 0.05) is 12.8 Å². The van der Waals surface area contributed by atoms with Crippen molar-refractivity contribution in [2.24, 2.45) is 0 Å². The van der Waals surface area contributed by atoms with Gasteiger partial charge in [-0.2, -0.15) is 0 Å². The van der Waals surface area contributed by atoms with Crippen molar-refractivity contribution in [2.75, 3.05) is 40.9 Å². The van der Waals surface area contributed by atoms with Gasteiger partial charge in [0.05, 0.1) is 33.8 Å². The third kappa shape index (κ3) is 51.6. The van der Waals surface area contributed by atoms with Crippen molar-refractivity contribution in [1.29, 1.82) is 0 Å². The smallest absolute Gasteiger partial charge is 0.456 e. The number of hydrogen-bond donors (Lipinski definition) is 2. The molecule has 10 heteroatoms. The minimum absolute atomic E-state index is 0.0257. The van der Waals surface area contributed by atoms with Crippen molar-refractivity contribution in [3.8, 4) is 0 Å². The van der Waals surface area contributed by atoms with Gasteiger partial charge >= 0.3 is 13.8 Å². The second-order valence-electron chi connectivity index (χ2n) is 20.2. The first-order valence-electron chi connectivity index (χ1n) is 28.6. The van der Waals surface area contributed by atoms with Gasteiger partial charge in [-0.05, 0) is 76.7 Å². The fourth-order valence-electron chi connectivity index (χ4n) is 7.73. The van der Waals surface area contributed by atoms with E-state index in [0.717, 1.165) is 77.0 Å². The highest BCUT2D eigenvalue weighted by Gasteiger charge is 2.30. The largest absolute Gasteiger partial charge is 0.472 e. The van der Waals surface area contributed by atoms with Gasteiger partial charge in [-0.25, -0.2) is 4.57 Å². The Morgan fingerprint density at radius 1 is 0.507 bits per heavy atom. The van der Waals surface area contributed by atoms with Crippen LogP contribution in [-0.4, -0.2) is 74.3 Å². The Balaban J connectivity index is 5.49. The molecule has 0 bridgehead atoms. The summed E-state index contributed by atoms with van der Waals surface area (Å²) in [5.41, 5.74) is 0. The van der Waals surface area contributed by atoms with Gasteiger partial charge in [0.25, 0.3) is 0 Å². The Kier molecular flexibility index (Phi) is 48.3. The van der Waals surface area contributed by atoms with Crippen molar-refractivity contribution in [1.82, 2.24) is 5.32 Å². The van der Waals surface area contributed by atoms with E-state index in [4.69, 9.17) is 13.8 Å². The number of quaternary nitrogens is 1. The highest BCUT2D eigenvalue weighted by Crippen LogP contribution is 2.43. The number of carbonyl (C=O) groups is 2. The molecule has 408 valence electrons. The lowest BCUT2D eigenvalue weighted by Crippen LogP contribution is -2.47. The molecule has 0 spiro atoms. The van der Waals surface area contributed by atoms with Crippen LogP contribution in [0.5, 0.6) is 0 Å². The summed E-state index contributed by atoms with van der Waals surface area (Å²) in [5.74, 6) is -0.566. The van der Waals surface area contributed by atoms with Crippen LogP contribution < -0.4 is 5.32 Å². The van der Waals surface area contributed by atoms with Gasteiger partial charge in [0.1, 0.15) is 19.3 Å². The van der Waals surface area contributed by atoms with Crippen molar-refractivity contribution >= 4 is 19.7 Å². The molecule has 0 aromatic heterocycles. The van der Waals surface area contributed by atoms with Gasteiger partial charge in [-0.15, -0.1) is 0 Å². The summed E-state index contributed by atoms with van der Waals surface area (Å²) in [7, 11) is 1.45. The molecule has 0 saturated heterocycles. The van der Waals surface area contributed by atoms with Gasteiger partial charge in [-0.1, -0.05) is 234 Å². The van der Waals surface area contributed by atoms with Crippen LogP contribution in [0.3, 0.4) is 0 Å². The number of phosphoric acid groups is 1. The predicted molar refractivity (Wildman–Crippen MR) is 304 cm³/mol. The Hall–Kier alpha value is -3.07. The number of amides is 1. The zero-order valence-corrected chi connectivity index (χ0v) is 47.3. The Morgan fingerprint density at radius 2 is 0.915 bits per heavy atom. The van der Waals surface area contributed by atoms with Gasteiger partial charge < -0.3 is 19.4 Å². The van der Waals surface area contributed by atoms with E-state index in [0.29, 0.717) is 17.4 Å². The monoisotopic (exact) mass is 1010 g/mol. The first-order chi connectivity index (χ1) is 34.4. The third-order valence-corrected chi connectivity index (χ3v) is 13.2. The molecule has 0 saturated carbocycles. The van der Waals surface area contributed by atoms with Gasteiger partial charge in [0.2, 0.25) is 5.91 Å². The number of carbonyl (C=O) groups excluding carboxylic acids is 2. The molecule has 0 aromatic carbocycles. The number of rotatable bonds is 50. The van der Waals surface area contributed by atoms with Crippen LogP contribution in [0, 0.1) is 0 Å². The van der Waals surface area contributed by atoms with Crippen molar-refractivity contribution in [3.63, 3.8) is 0 Å². The molecule has 0 aliphatic rings. The van der Waals surface area contributed by atoms with Crippen LogP contribution in [-0.2, 0) is 27.9 Å². The number of allylic oxidation sites excluding steroid dienone is 15. The van der Waals surface area contributed by atoms with E-state index < -0.39 is 20.0 Å². The average molecular weight is 1010 g/mol. The summed E-state index contributed by atoms with van der Waals surface area (Å²) >= 11 is 0. The third-order valence-electron chi connectivity index (χ3n) is 12.2. The molecule has 71 heavy (non-hydrogen) atoms. The van der Waals surface area contributed by atoms with Crippen molar-refractivity contribution < 1.29 is 37.3 Å². The molecule has 3 unspecified atom stereocenters. The SMILES string of the molecule is CC\C=C/C=C/C=C/C=C\C=C\C=C\CCCCCC(=O)NC(COP(=O)(O)OCC[N+](C)(C)C)C(/C=C/CCCCCCCCCCCCC)OC(=O)CCCCCCCCC/C=C\CCCCCC. The Bertz CT molecular complexity index is 1540. The second-order valence-corrected chi connectivity index (χ2v) is 21.7. The number of ether oxygens (including phenoxy) is 1. The Morgan fingerprint density at radius 3 is 1.42 bits per heavy atom. The number of phosphoric ester groups is 1. The Labute approximate surface area is 437 Å². The maximum atomic E-state index is 13.5. The van der Waals surface area contributed by atoms with Crippen molar-refractivity contribution in [3.05, 3.63) is 97.2 Å². The molecule has 0 aliphatic heterocycles. The maximum absolute atomic E-state index is 13.5. The summed E-state index contributed by atoms with van der Waals surface area (Å²) in [4.78, 5) is 37.6. The van der Waals surface area contributed by atoms with Crippen LogP contribution in [0.2, 0.25) is 0 Å². The van der Waals surface area contributed by atoms with E-state index in [9.17, 15) is 19.0 Å². The number of esters is 1. The highest BCUT2D eigenvalue weighted by atomic mass is 31.2. The van der Waals surface area contributed by atoms with Crippen LogP contribution >= 0.6 is 7.82 Å². The highest BCUT2D eigenvalue weighted by molar-refractivity contribution is 7.47. The molecule has 0 aromatic rings. The van der Waals surface area contributed by atoms with E-state index in [2.05, 4.69) is 50.4 Å². The molecular weight excluding hydrogens is 904 g/mol. The number of likely N-dealkylation sites (N-methyl/N-ethyl adjacent to an activating group) is 1. The molecule has 0 aliphatic carbocycles. The standard InChI is InChI=1S/C61H107N2O7P/c1-7-10-13-16-19-22-25-28-30-31-33-35-38-41-44-47-50-53-60(64)62-58(57-69-71(66,67)68-56-55-63(4,5)6)59(52-49-46-43-40-37-34-27-24-21-18-15-12-9-3)70-61(65)54-51-48-45-42-39-36-32-29-26-23-20-17-14-11-8-2/h10,13,16,19,22-23,25-26,28,30-31,33,35,38,49,52,58-59H,7-9,11-12,14-15,17-18,20-21,24,27,29,32,34,36-37,39-48,50-51,53-57H2,1-6H3,(H-,62,64,66,67)/p+1/b13-10-,19-16+,25-22+,26-23-,30-28-,33-31+,38-35+,52-49+. The summed E-state index contributed by atoms with van der Waals surface area (Å²) in [6.07, 6.45) is 66.8. The molecule has 0 radical (unpaired) electrons. The molecular formula is C61H108N2O7P+. The van der Waals surface area contributed by atoms with E-state index in [1.165, 1.54) is 109 Å². The van der Waals surface area contributed by atoms with Gasteiger partial charge in [0.15, 0.2) is 0 Å². The lowest BCUT2D eigenvalue weighted by atomic mass is 10.0. The minimum atomic E-state index is -4.46. The first kappa shape index (κ1) is 67.9. The zero-order chi connectivity index (χ0) is 52.2. The van der Waals surface area contributed by atoms with Crippen LogP contribution in [0.4, 0.5) is 0 Å². The number of unbranched alkanes of at least 4 members (excludes halogenated alkanes) is 25. The summed E-state index contributed by atoms with van der Waals surface area (Å²) < 4.78 is 30.6. The fraction of sp³-hybridized carbons (Fsp3) is 0.705. The molecule has 9 nitrogen and oxygen atoms in total. The van der Waals surface area contributed by atoms with E-state index >= 15 is 0 Å². The second kappa shape index (κ2) is 50.5. The van der Waals surface area contributed by atoms with E-state index in [1.807, 2.05) is 94.1 Å². The molecule has 0 fully saturated rings. The number of nitrogens with zero attached hydrogens (tertiary/aromatic N) is 1. The van der Waals surface area contributed by atoms with Gasteiger partial charge in [-0.3, -0.25) is 18.6 Å². The van der Waals surface area contributed by atoms with E-state index in [1.54, 1.807) is 0 Å². The van der Waals surface area contributed by atoms with Crippen LogP contribution in [0.1, 0.15) is 226 Å². The van der Waals surface area contributed by atoms with Crippen LogP contribution in [0.15, 0.2) is 97.2 Å². The molecule has 1 amide bonds. The molecule has 0 heterocycles. The topological polar surface area (TPSA) is 111 Å². The molecule has 0 rings (SSSR count). The van der Waals surface area contributed by atoms with Crippen LogP contribution in [0.25, 0.3) is 0 Å². The first-order valence-corrected chi connectivity index (χ1v) is 30.1. The zero-order valence-electron chi connectivity index (χ0n) is 46.4. The minimum Gasteiger partial charge on any atom is -0.456 e. The summed E-state index contributed by atoms with van der Waals surface area (Å²) in [6.45, 7) is 6.80. The quantitative estimate of drug-likeness (QED) is 0.0156. The average Bonchev–Trinajstić information content (AvgIpc) is 3.33. The molecule has 2 N–H and O–H groups in total. The predicted octanol–water partition coefficient (Wildman–Crippen LogP) is 17.2. The summed E-state index contributed by atoms with van der Waals surface area (Å²) in [6, 6.07) is -0.878. The van der Waals surface area contributed by atoms with E-state index in [-0.39, 0.29) is 37.9 Å². The number of hydrogen-bond acceptors (Lipinski definition) is 6. The lowest BCUT2D eigenvalue weighted by molar-refractivity contribution is -0.870.